The first kappa shape index (κ1) is 54.6. The van der Waals surface area contributed by atoms with Gasteiger partial charge in [0.15, 0.2) is 6.10 Å². The molecule has 0 aliphatic rings. The van der Waals surface area contributed by atoms with Gasteiger partial charge in [-0.05, 0) is 44.9 Å². The maximum atomic E-state index is 12.6. The van der Waals surface area contributed by atoms with Crippen molar-refractivity contribution in [2.45, 2.75) is 284 Å². The Balaban J connectivity index is 3.97. The van der Waals surface area contributed by atoms with E-state index in [-0.39, 0.29) is 18.5 Å². The first-order valence-electron chi connectivity index (χ1n) is 25.2. The lowest BCUT2D eigenvalue weighted by molar-refractivity contribution is -0.163. The van der Waals surface area contributed by atoms with E-state index in [1.54, 1.807) is 0 Å². The molecule has 0 amide bonds. The van der Waals surface area contributed by atoms with Gasteiger partial charge in [-0.3, -0.25) is 9.59 Å². The summed E-state index contributed by atoms with van der Waals surface area (Å²) in [5.74, 6) is -0.393. The number of carbonyl (C=O) groups is 2. The number of rotatable bonds is 47. The predicted octanol–water partition coefficient (Wildman–Crippen LogP) is 16.7. The number of hydrogen-bond donors (Lipinski definition) is 0. The lowest BCUT2D eigenvalue weighted by atomic mass is 10.0. The summed E-state index contributed by atoms with van der Waals surface area (Å²) in [5, 5.41) is 0. The number of hydrogen-bond acceptors (Lipinski definition) is 5. The molecule has 0 N–H and O–H groups in total. The molecule has 0 saturated carbocycles. The highest BCUT2D eigenvalue weighted by molar-refractivity contribution is 5.70. The zero-order valence-electron chi connectivity index (χ0n) is 38.2. The lowest BCUT2D eigenvalue weighted by Crippen LogP contribution is -2.30. The van der Waals surface area contributed by atoms with E-state index in [0.29, 0.717) is 26.1 Å². The van der Waals surface area contributed by atoms with E-state index in [4.69, 9.17) is 14.2 Å². The Morgan fingerprint density at radius 3 is 1.09 bits per heavy atom. The number of ether oxygens (including phenoxy) is 3. The SMILES string of the molecule is CCCCCCCC/C=C\CCCCCCCCCCOCC(COC(=O)CCCCCCCCCCCCCCCCCCC)OC(=O)CCCCCCC. The van der Waals surface area contributed by atoms with Crippen molar-refractivity contribution in [2.24, 2.45) is 0 Å². The monoisotopic (exact) mass is 791 g/mol. The molecule has 0 saturated heterocycles. The summed E-state index contributed by atoms with van der Waals surface area (Å²) in [6.45, 7) is 7.80. The highest BCUT2D eigenvalue weighted by Gasteiger charge is 2.17. The van der Waals surface area contributed by atoms with Crippen LogP contribution in [0.25, 0.3) is 0 Å². The van der Waals surface area contributed by atoms with Crippen LogP contribution in [-0.2, 0) is 23.8 Å². The zero-order chi connectivity index (χ0) is 40.7. The van der Waals surface area contributed by atoms with Gasteiger partial charge in [0.05, 0.1) is 6.61 Å². The van der Waals surface area contributed by atoms with Gasteiger partial charge in [0, 0.05) is 19.4 Å². The second-order valence-electron chi connectivity index (χ2n) is 17.1. The Morgan fingerprint density at radius 2 is 0.696 bits per heavy atom. The summed E-state index contributed by atoms with van der Waals surface area (Å²) in [4.78, 5) is 25.1. The second-order valence-corrected chi connectivity index (χ2v) is 17.1. The first-order valence-corrected chi connectivity index (χ1v) is 25.2. The van der Waals surface area contributed by atoms with Crippen LogP contribution in [0, 0.1) is 0 Å². The van der Waals surface area contributed by atoms with Crippen molar-refractivity contribution in [1.82, 2.24) is 0 Å². The van der Waals surface area contributed by atoms with Crippen molar-refractivity contribution in [1.29, 1.82) is 0 Å². The fourth-order valence-corrected chi connectivity index (χ4v) is 7.51. The molecule has 0 aromatic heterocycles. The van der Waals surface area contributed by atoms with Crippen LogP contribution in [0.4, 0.5) is 0 Å². The Kier molecular flexibility index (Phi) is 46.8. The summed E-state index contributed by atoms with van der Waals surface area (Å²) in [6, 6.07) is 0. The van der Waals surface area contributed by atoms with E-state index < -0.39 is 6.10 Å². The van der Waals surface area contributed by atoms with Crippen LogP contribution in [0.1, 0.15) is 278 Å². The molecule has 332 valence electrons. The standard InChI is InChI=1S/C51H98O5/c1-4-7-10-13-15-17-19-21-23-25-27-29-31-33-35-37-40-43-46-54-47-49(56-51(53)45-42-38-12-9-6-3)48-55-50(52)44-41-39-36-34-32-30-28-26-24-22-20-18-16-14-11-8-5-2/h21,23,49H,4-20,22,24-48H2,1-3H3/b23-21-. The van der Waals surface area contributed by atoms with Gasteiger partial charge in [-0.1, -0.05) is 232 Å². The zero-order valence-corrected chi connectivity index (χ0v) is 38.2. The van der Waals surface area contributed by atoms with E-state index in [0.717, 1.165) is 44.9 Å². The normalized spacial score (nSPS) is 12.1. The van der Waals surface area contributed by atoms with Gasteiger partial charge in [0.25, 0.3) is 0 Å². The predicted molar refractivity (Wildman–Crippen MR) is 242 cm³/mol. The number of allylic oxidation sites excluding steroid dienone is 2. The van der Waals surface area contributed by atoms with E-state index in [1.807, 2.05) is 0 Å². The highest BCUT2D eigenvalue weighted by Crippen LogP contribution is 2.16. The van der Waals surface area contributed by atoms with Crippen molar-refractivity contribution >= 4 is 11.9 Å². The fraction of sp³-hybridized carbons (Fsp3) is 0.922. The van der Waals surface area contributed by atoms with Gasteiger partial charge in [-0.2, -0.15) is 0 Å². The molecule has 5 nitrogen and oxygen atoms in total. The lowest BCUT2D eigenvalue weighted by Gasteiger charge is -2.18. The van der Waals surface area contributed by atoms with Crippen molar-refractivity contribution in [2.75, 3.05) is 19.8 Å². The third kappa shape index (κ3) is 45.3. The van der Waals surface area contributed by atoms with E-state index in [9.17, 15) is 9.59 Å². The molecule has 0 aliphatic heterocycles. The van der Waals surface area contributed by atoms with Crippen LogP contribution < -0.4 is 0 Å². The molecule has 5 heteroatoms. The van der Waals surface area contributed by atoms with Crippen LogP contribution in [0.5, 0.6) is 0 Å². The van der Waals surface area contributed by atoms with Crippen LogP contribution >= 0.6 is 0 Å². The average molecular weight is 791 g/mol. The molecular weight excluding hydrogens is 693 g/mol. The molecule has 0 bridgehead atoms. The molecule has 56 heavy (non-hydrogen) atoms. The molecule has 1 unspecified atom stereocenters. The maximum Gasteiger partial charge on any atom is 0.306 e. The van der Waals surface area contributed by atoms with Crippen molar-refractivity contribution in [3.05, 3.63) is 12.2 Å². The summed E-state index contributed by atoms with van der Waals surface area (Å²) in [7, 11) is 0. The van der Waals surface area contributed by atoms with E-state index in [1.165, 1.54) is 199 Å². The highest BCUT2D eigenvalue weighted by atomic mass is 16.6. The summed E-state index contributed by atoms with van der Waals surface area (Å²) < 4.78 is 17.3. The van der Waals surface area contributed by atoms with Crippen LogP contribution in [0.3, 0.4) is 0 Å². The third-order valence-corrected chi connectivity index (χ3v) is 11.3. The number of carbonyl (C=O) groups excluding carboxylic acids is 2. The Labute approximate surface area is 350 Å². The number of unbranched alkanes of at least 4 members (excludes halogenated alkanes) is 34. The molecule has 0 fully saturated rings. The Hall–Kier alpha value is -1.36. The van der Waals surface area contributed by atoms with Crippen LogP contribution in [0.2, 0.25) is 0 Å². The van der Waals surface area contributed by atoms with Crippen molar-refractivity contribution in [3.8, 4) is 0 Å². The summed E-state index contributed by atoms with van der Waals surface area (Å²) >= 11 is 0. The van der Waals surface area contributed by atoms with Crippen LogP contribution in [-0.4, -0.2) is 37.9 Å². The molecule has 1 atom stereocenters. The first-order chi connectivity index (χ1) is 27.6. The molecule has 0 aromatic rings. The van der Waals surface area contributed by atoms with Crippen LogP contribution in [0.15, 0.2) is 12.2 Å². The molecule has 0 aromatic carbocycles. The maximum absolute atomic E-state index is 12.6. The van der Waals surface area contributed by atoms with Gasteiger partial charge >= 0.3 is 11.9 Å². The van der Waals surface area contributed by atoms with E-state index >= 15 is 0 Å². The molecule has 0 aliphatic carbocycles. The van der Waals surface area contributed by atoms with Gasteiger partial charge in [0.2, 0.25) is 0 Å². The minimum absolute atomic E-state index is 0.0916. The Bertz CT molecular complexity index is 810. The summed E-state index contributed by atoms with van der Waals surface area (Å²) in [6.07, 6.45) is 53.9. The van der Waals surface area contributed by atoms with Gasteiger partial charge in [-0.15, -0.1) is 0 Å². The Morgan fingerprint density at radius 1 is 0.375 bits per heavy atom. The third-order valence-electron chi connectivity index (χ3n) is 11.3. The minimum Gasteiger partial charge on any atom is -0.462 e. The average Bonchev–Trinajstić information content (AvgIpc) is 3.20. The van der Waals surface area contributed by atoms with Crippen molar-refractivity contribution < 1.29 is 23.8 Å². The molecule has 0 heterocycles. The molecular formula is C51H98O5. The number of esters is 2. The topological polar surface area (TPSA) is 61.8 Å². The molecule has 0 spiro atoms. The van der Waals surface area contributed by atoms with Gasteiger partial charge < -0.3 is 14.2 Å². The largest absolute Gasteiger partial charge is 0.462 e. The van der Waals surface area contributed by atoms with E-state index in [2.05, 4.69) is 32.9 Å². The van der Waals surface area contributed by atoms with Gasteiger partial charge in [-0.25, -0.2) is 0 Å². The quantitative estimate of drug-likeness (QED) is 0.0349. The fourth-order valence-electron chi connectivity index (χ4n) is 7.51. The summed E-state index contributed by atoms with van der Waals surface area (Å²) in [5.41, 5.74) is 0. The van der Waals surface area contributed by atoms with Crippen molar-refractivity contribution in [3.63, 3.8) is 0 Å². The minimum atomic E-state index is -0.525. The molecule has 0 rings (SSSR count). The van der Waals surface area contributed by atoms with Gasteiger partial charge in [0.1, 0.15) is 6.61 Å². The smallest absolute Gasteiger partial charge is 0.306 e. The molecule has 0 radical (unpaired) electrons. The second kappa shape index (κ2) is 48.0.